The minimum Gasteiger partial charge on any atom is -0.469 e. The summed E-state index contributed by atoms with van der Waals surface area (Å²) in [6.45, 7) is 5.44. The van der Waals surface area contributed by atoms with Crippen molar-refractivity contribution >= 4 is 17.8 Å². The Bertz CT molecular complexity index is 435. The van der Waals surface area contributed by atoms with E-state index in [0.717, 1.165) is 0 Å². The van der Waals surface area contributed by atoms with Crippen LogP contribution in [0.2, 0.25) is 0 Å². The second kappa shape index (κ2) is 5.66. The number of amides is 1. The lowest BCUT2D eigenvalue weighted by molar-refractivity contribution is -0.151. The van der Waals surface area contributed by atoms with Crippen molar-refractivity contribution in [1.29, 1.82) is 0 Å². The molecule has 0 spiro atoms. The summed E-state index contributed by atoms with van der Waals surface area (Å²) in [5.74, 6) is -0.354. The van der Waals surface area contributed by atoms with Crippen LogP contribution in [0.3, 0.4) is 0 Å². The number of fused-ring (bicyclic) bond motifs is 2. The highest BCUT2D eigenvalue weighted by atomic mass is 16.6. The van der Waals surface area contributed by atoms with E-state index in [1.165, 1.54) is 7.11 Å². The molecule has 6 heteroatoms. The third kappa shape index (κ3) is 3.54. The van der Waals surface area contributed by atoms with Gasteiger partial charge in [-0.05, 0) is 33.6 Å². The van der Waals surface area contributed by atoms with Crippen LogP contribution in [-0.4, -0.2) is 47.5 Å². The summed E-state index contributed by atoms with van der Waals surface area (Å²) in [6.07, 6.45) is 1.13. The molecular formula is C15H23NO5. The van der Waals surface area contributed by atoms with Gasteiger partial charge in [0.2, 0.25) is 0 Å². The lowest BCUT2D eigenvalue weighted by Crippen LogP contribution is -2.58. The van der Waals surface area contributed by atoms with Crippen LogP contribution >= 0.6 is 0 Å². The average Bonchev–Trinajstić information content (AvgIpc) is 2.33. The molecule has 0 radical (unpaired) electrons. The molecule has 0 aromatic carbocycles. The van der Waals surface area contributed by atoms with E-state index in [9.17, 15) is 14.4 Å². The zero-order valence-electron chi connectivity index (χ0n) is 13.0. The maximum Gasteiger partial charge on any atom is 0.410 e. The molecular weight excluding hydrogens is 274 g/mol. The van der Waals surface area contributed by atoms with Gasteiger partial charge in [-0.1, -0.05) is 0 Å². The highest BCUT2D eigenvalue weighted by Gasteiger charge is 2.47. The number of rotatable bonds is 1. The first-order valence-corrected chi connectivity index (χ1v) is 7.32. The molecule has 2 bridgehead atoms. The molecule has 0 N–H and O–H groups in total. The van der Waals surface area contributed by atoms with Crippen LogP contribution < -0.4 is 0 Å². The number of ether oxygens (including phenoxy) is 2. The maximum absolute atomic E-state index is 12.4. The summed E-state index contributed by atoms with van der Waals surface area (Å²) in [6, 6.07) is -0.520. The number of nitrogens with zero attached hydrogens (tertiary/aromatic N) is 1. The van der Waals surface area contributed by atoms with Gasteiger partial charge >= 0.3 is 12.1 Å². The first-order chi connectivity index (χ1) is 9.71. The number of methoxy groups -OCH3 is 1. The molecule has 0 aromatic rings. The third-order valence-corrected chi connectivity index (χ3v) is 3.97. The Morgan fingerprint density at radius 3 is 2.10 bits per heavy atom. The SMILES string of the molecule is COC(=O)C1C[C@H]2CC(=O)C[C@@H](C1)N2C(=O)OC(C)(C)C. The lowest BCUT2D eigenvalue weighted by Gasteiger charge is -2.47. The Labute approximate surface area is 124 Å². The number of hydrogen-bond acceptors (Lipinski definition) is 5. The van der Waals surface area contributed by atoms with Crippen molar-refractivity contribution < 1.29 is 23.9 Å². The zero-order valence-corrected chi connectivity index (χ0v) is 13.0. The molecule has 2 rings (SSSR count). The van der Waals surface area contributed by atoms with Gasteiger partial charge in [0.05, 0.1) is 13.0 Å². The van der Waals surface area contributed by atoms with Gasteiger partial charge in [-0.15, -0.1) is 0 Å². The predicted octanol–water partition coefficient (Wildman–Crippen LogP) is 1.91. The van der Waals surface area contributed by atoms with Crippen LogP contribution in [0, 0.1) is 5.92 Å². The number of Topliss-reactive ketones (excluding diaryl/α,β-unsaturated/α-hetero) is 1. The Morgan fingerprint density at radius 2 is 1.67 bits per heavy atom. The second-order valence-corrected chi connectivity index (χ2v) is 6.83. The molecule has 21 heavy (non-hydrogen) atoms. The zero-order chi connectivity index (χ0) is 15.8. The standard InChI is InChI=1S/C15H23NO5/c1-15(2,3)21-14(19)16-10-5-9(13(18)20-4)6-11(16)8-12(17)7-10/h9-11H,5-8H2,1-4H3/t9?,10-,11+. The molecule has 1 unspecified atom stereocenters. The minimum absolute atomic E-state index is 0.146. The van der Waals surface area contributed by atoms with E-state index in [0.29, 0.717) is 25.7 Å². The summed E-state index contributed by atoms with van der Waals surface area (Å²) in [4.78, 5) is 37.5. The number of carbonyl (C=O) groups excluding carboxylic acids is 3. The van der Waals surface area contributed by atoms with Crippen LogP contribution in [-0.2, 0) is 19.1 Å². The topological polar surface area (TPSA) is 72.9 Å². The first-order valence-electron chi connectivity index (χ1n) is 7.32. The molecule has 2 aliphatic rings. The summed E-state index contributed by atoms with van der Waals surface area (Å²) in [7, 11) is 1.36. The Hall–Kier alpha value is -1.59. The van der Waals surface area contributed by atoms with E-state index in [1.54, 1.807) is 4.90 Å². The van der Waals surface area contributed by atoms with Crippen molar-refractivity contribution in [2.45, 2.75) is 64.1 Å². The van der Waals surface area contributed by atoms with Crippen molar-refractivity contribution in [3.63, 3.8) is 0 Å². The van der Waals surface area contributed by atoms with Crippen molar-refractivity contribution in [1.82, 2.24) is 4.90 Å². The Morgan fingerprint density at radius 1 is 1.14 bits per heavy atom. The molecule has 2 fully saturated rings. The van der Waals surface area contributed by atoms with E-state index in [1.807, 2.05) is 20.8 Å². The number of piperidine rings is 2. The number of hydrogen-bond donors (Lipinski definition) is 0. The second-order valence-electron chi connectivity index (χ2n) is 6.83. The fourth-order valence-electron chi connectivity index (χ4n) is 3.22. The first kappa shape index (κ1) is 15.8. The van der Waals surface area contributed by atoms with E-state index in [2.05, 4.69) is 0 Å². The summed E-state index contributed by atoms with van der Waals surface area (Å²) >= 11 is 0. The van der Waals surface area contributed by atoms with E-state index in [-0.39, 0.29) is 29.8 Å². The lowest BCUT2D eigenvalue weighted by atomic mass is 9.78. The smallest absolute Gasteiger partial charge is 0.410 e. The molecule has 0 aliphatic carbocycles. The normalized spacial score (nSPS) is 29.0. The highest BCUT2D eigenvalue weighted by Crippen LogP contribution is 2.37. The van der Waals surface area contributed by atoms with Crippen molar-refractivity contribution in [3.8, 4) is 0 Å². The molecule has 0 saturated carbocycles. The average molecular weight is 297 g/mol. The van der Waals surface area contributed by atoms with Gasteiger partial charge in [0.1, 0.15) is 11.4 Å². The van der Waals surface area contributed by atoms with Crippen LogP contribution in [0.5, 0.6) is 0 Å². The Balaban J connectivity index is 2.15. The van der Waals surface area contributed by atoms with Gasteiger partial charge in [0, 0.05) is 24.9 Å². The largest absolute Gasteiger partial charge is 0.469 e. The van der Waals surface area contributed by atoms with Gasteiger partial charge in [-0.3, -0.25) is 9.59 Å². The van der Waals surface area contributed by atoms with Gasteiger partial charge in [-0.25, -0.2) is 4.79 Å². The van der Waals surface area contributed by atoms with Crippen LogP contribution in [0.15, 0.2) is 0 Å². The molecule has 1 amide bonds. The molecule has 2 heterocycles. The molecule has 0 aromatic heterocycles. The summed E-state index contributed by atoms with van der Waals surface area (Å²) < 4.78 is 10.2. The predicted molar refractivity (Wildman–Crippen MR) is 74.6 cm³/mol. The van der Waals surface area contributed by atoms with E-state index >= 15 is 0 Å². The summed E-state index contributed by atoms with van der Waals surface area (Å²) in [5, 5.41) is 0. The van der Waals surface area contributed by atoms with Crippen molar-refractivity contribution in [2.24, 2.45) is 5.92 Å². The maximum atomic E-state index is 12.4. The van der Waals surface area contributed by atoms with Crippen molar-refractivity contribution in [3.05, 3.63) is 0 Å². The third-order valence-electron chi connectivity index (χ3n) is 3.97. The van der Waals surface area contributed by atoms with Gasteiger partial charge in [-0.2, -0.15) is 0 Å². The van der Waals surface area contributed by atoms with Gasteiger partial charge in [0.15, 0.2) is 0 Å². The number of ketones is 1. The van der Waals surface area contributed by atoms with Gasteiger partial charge < -0.3 is 14.4 Å². The number of esters is 1. The van der Waals surface area contributed by atoms with Gasteiger partial charge in [0.25, 0.3) is 0 Å². The highest BCUT2D eigenvalue weighted by molar-refractivity contribution is 5.84. The van der Waals surface area contributed by atoms with Crippen LogP contribution in [0.4, 0.5) is 4.79 Å². The van der Waals surface area contributed by atoms with E-state index < -0.39 is 11.7 Å². The van der Waals surface area contributed by atoms with Crippen LogP contribution in [0.1, 0.15) is 46.5 Å². The molecule has 2 saturated heterocycles. The fraction of sp³-hybridized carbons (Fsp3) is 0.800. The van der Waals surface area contributed by atoms with Crippen molar-refractivity contribution in [2.75, 3.05) is 7.11 Å². The molecule has 3 atom stereocenters. The number of carbonyl (C=O) groups is 3. The summed E-state index contributed by atoms with van der Waals surface area (Å²) in [5.41, 5.74) is -0.575. The minimum atomic E-state index is -0.575. The monoisotopic (exact) mass is 297 g/mol. The van der Waals surface area contributed by atoms with E-state index in [4.69, 9.17) is 9.47 Å². The molecule has 2 aliphatic heterocycles. The fourth-order valence-corrected chi connectivity index (χ4v) is 3.22. The molecule has 6 nitrogen and oxygen atoms in total. The quantitative estimate of drug-likeness (QED) is 0.691. The van der Waals surface area contributed by atoms with Crippen LogP contribution in [0.25, 0.3) is 0 Å². The molecule has 118 valence electrons. The Kier molecular flexibility index (Phi) is 4.25.